The van der Waals surface area contributed by atoms with E-state index in [1.54, 1.807) is 0 Å². The van der Waals surface area contributed by atoms with Crippen LogP contribution in [0.5, 0.6) is 0 Å². The molecule has 8 nitrogen and oxygen atoms in total. The standard InChI is InChI=1S/C16H23N5O3S/c1-3-7-16(8-4-2)13(23)21(15(24)18-16)9-11(22)17-14-20-19-12(25-14)10-5-6-10/h10H,3-9H2,1-2H3,(H,18,24)(H,17,20,22). The Hall–Kier alpha value is -2.03. The van der Waals surface area contributed by atoms with Crippen molar-refractivity contribution < 1.29 is 14.4 Å². The third-order valence-electron chi connectivity index (χ3n) is 4.51. The topological polar surface area (TPSA) is 104 Å². The zero-order valence-electron chi connectivity index (χ0n) is 14.5. The van der Waals surface area contributed by atoms with E-state index in [4.69, 9.17) is 0 Å². The molecule has 0 unspecified atom stereocenters. The van der Waals surface area contributed by atoms with E-state index in [2.05, 4.69) is 20.8 Å². The number of carbonyl (C=O) groups is 3. The predicted molar refractivity (Wildman–Crippen MR) is 93.3 cm³/mol. The number of carbonyl (C=O) groups excluding carboxylic acids is 3. The number of hydrogen-bond acceptors (Lipinski definition) is 6. The van der Waals surface area contributed by atoms with Gasteiger partial charge in [0.1, 0.15) is 17.1 Å². The zero-order chi connectivity index (χ0) is 18.0. The van der Waals surface area contributed by atoms with E-state index in [-0.39, 0.29) is 12.5 Å². The van der Waals surface area contributed by atoms with Gasteiger partial charge in [-0.05, 0) is 25.7 Å². The van der Waals surface area contributed by atoms with Crippen molar-refractivity contribution in [2.24, 2.45) is 0 Å². The molecule has 9 heteroatoms. The smallest absolute Gasteiger partial charge is 0.323 e. The summed E-state index contributed by atoms with van der Waals surface area (Å²) in [5.41, 5.74) is -0.872. The van der Waals surface area contributed by atoms with Crippen LogP contribution in [0.4, 0.5) is 9.93 Å². The maximum atomic E-state index is 12.7. The Morgan fingerprint density at radius 3 is 2.56 bits per heavy atom. The lowest BCUT2D eigenvalue weighted by Gasteiger charge is -2.25. The molecular weight excluding hydrogens is 342 g/mol. The van der Waals surface area contributed by atoms with Gasteiger partial charge in [0.15, 0.2) is 0 Å². The maximum absolute atomic E-state index is 12.7. The van der Waals surface area contributed by atoms with Crippen molar-refractivity contribution in [2.45, 2.75) is 63.8 Å². The molecule has 136 valence electrons. The average molecular weight is 365 g/mol. The lowest BCUT2D eigenvalue weighted by molar-refractivity contribution is -0.134. The van der Waals surface area contributed by atoms with Crippen LogP contribution < -0.4 is 10.6 Å². The fourth-order valence-electron chi connectivity index (χ4n) is 3.22. The van der Waals surface area contributed by atoms with Crippen molar-refractivity contribution in [1.29, 1.82) is 0 Å². The van der Waals surface area contributed by atoms with Gasteiger partial charge in [0, 0.05) is 5.92 Å². The van der Waals surface area contributed by atoms with Gasteiger partial charge in [-0.3, -0.25) is 19.8 Å². The number of urea groups is 1. The van der Waals surface area contributed by atoms with Crippen molar-refractivity contribution in [2.75, 3.05) is 11.9 Å². The molecule has 2 heterocycles. The quantitative estimate of drug-likeness (QED) is 0.688. The van der Waals surface area contributed by atoms with Crippen LogP contribution in [0.15, 0.2) is 0 Å². The Kier molecular flexibility index (Phi) is 5.03. The van der Waals surface area contributed by atoms with Gasteiger partial charge in [0.05, 0.1) is 0 Å². The molecule has 1 saturated carbocycles. The van der Waals surface area contributed by atoms with Gasteiger partial charge in [-0.1, -0.05) is 38.0 Å². The molecular formula is C16H23N5O3S. The third kappa shape index (κ3) is 3.65. The lowest BCUT2D eigenvalue weighted by atomic mass is 9.88. The third-order valence-corrected chi connectivity index (χ3v) is 5.52. The summed E-state index contributed by atoms with van der Waals surface area (Å²) in [6.45, 7) is 3.64. The second kappa shape index (κ2) is 7.07. The first kappa shape index (κ1) is 17.8. The van der Waals surface area contributed by atoms with Gasteiger partial charge >= 0.3 is 6.03 Å². The molecule has 2 aliphatic rings. The van der Waals surface area contributed by atoms with E-state index in [0.717, 1.165) is 35.6 Å². The van der Waals surface area contributed by atoms with E-state index in [9.17, 15) is 14.4 Å². The molecule has 0 bridgehead atoms. The van der Waals surface area contributed by atoms with Gasteiger partial charge in [0.25, 0.3) is 5.91 Å². The highest BCUT2D eigenvalue weighted by Crippen LogP contribution is 2.42. The summed E-state index contributed by atoms with van der Waals surface area (Å²) in [6.07, 6.45) is 4.93. The van der Waals surface area contributed by atoms with Crippen LogP contribution in [0.3, 0.4) is 0 Å². The van der Waals surface area contributed by atoms with Crippen LogP contribution in [0.1, 0.15) is 63.3 Å². The van der Waals surface area contributed by atoms with Crippen molar-refractivity contribution in [3.05, 3.63) is 5.01 Å². The monoisotopic (exact) mass is 365 g/mol. The summed E-state index contributed by atoms with van der Waals surface area (Å²) in [5.74, 6) is -0.282. The van der Waals surface area contributed by atoms with Crippen molar-refractivity contribution in [3.8, 4) is 0 Å². The van der Waals surface area contributed by atoms with Crippen LogP contribution in [-0.2, 0) is 9.59 Å². The van der Waals surface area contributed by atoms with Crippen LogP contribution >= 0.6 is 11.3 Å². The van der Waals surface area contributed by atoms with Gasteiger partial charge in [0.2, 0.25) is 11.0 Å². The molecule has 2 fully saturated rings. The number of imide groups is 1. The molecule has 1 aromatic rings. The summed E-state index contributed by atoms with van der Waals surface area (Å²) < 4.78 is 0. The Balaban J connectivity index is 1.63. The molecule has 3 rings (SSSR count). The highest BCUT2D eigenvalue weighted by molar-refractivity contribution is 7.15. The summed E-state index contributed by atoms with van der Waals surface area (Å²) in [6, 6.07) is -0.502. The van der Waals surface area contributed by atoms with E-state index in [1.807, 2.05) is 13.8 Å². The number of nitrogens with zero attached hydrogens (tertiary/aromatic N) is 3. The lowest BCUT2D eigenvalue weighted by Crippen LogP contribution is -2.47. The predicted octanol–water partition coefficient (Wildman–Crippen LogP) is 2.24. The second-order valence-electron chi connectivity index (χ2n) is 6.67. The molecule has 1 aliphatic heterocycles. The van der Waals surface area contributed by atoms with Crippen molar-refractivity contribution >= 4 is 34.3 Å². The zero-order valence-corrected chi connectivity index (χ0v) is 15.3. The van der Waals surface area contributed by atoms with E-state index >= 15 is 0 Å². The number of anilines is 1. The molecule has 0 atom stereocenters. The Morgan fingerprint density at radius 1 is 1.28 bits per heavy atom. The maximum Gasteiger partial charge on any atom is 0.325 e. The Bertz CT molecular complexity index is 679. The number of nitrogens with one attached hydrogen (secondary N) is 2. The van der Waals surface area contributed by atoms with Gasteiger partial charge in [-0.15, -0.1) is 10.2 Å². The normalized spacial score (nSPS) is 19.2. The van der Waals surface area contributed by atoms with Gasteiger partial charge in [-0.2, -0.15) is 0 Å². The average Bonchev–Trinajstić information content (AvgIpc) is 3.27. The first-order valence-corrected chi connectivity index (χ1v) is 9.58. The molecule has 4 amide bonds. The summed E-state index contributed by atoms with van der Waals surface area (Å²) in [5, 5.41) is 14.8. The number of rotatable bonds is 8. The minimum atomic E-state index is -0.872. The van der Waals surface area contributed by atoms with E-state index in [1.165, 1.54) is 11.3 Å². The fourth-order valence-corrected chi connectivity index (χ4v) is 4.15. The number of aromatic nitrogens is 2. The largest absolute Gasteiger partial charge is 0.325 e. The molecule has 1 saturated heterocycles. The Morgan fingerprint density at radius 2 is 1.96 bits per heavy atom. The Labute approximate surface area is 150 Å². The van der Waals surface area contributed by atoms with Crippen LogP contribution in [0.25, 0.3) is 0 Å². The van der Waals surface area contributed by atoms with Crippen LogP contribution in [0.2, 0.25) is 0 Å². The first-order valence-electron chi connectivity index (χ1n) is 8.76. The first-order chi connectivity index (χ1) is 12.0. The van der Waals surface area contributed by atoms with E-state index in [0.29, 0.717) is 23.9 Å². The number of amides is 4. The highest BCUT2D eigenvalue weighted by atomic mass is 32.1. The molecule has 2 N–H and O–H groups in total. The van der Waals surface area contributed by atoms with Crippen molar-refractivity contribution in [1.82, 2.24) is 20.4 Å². The molecule has 1 aromatic heterocycles. The van der Waals surface area contributed by atoms with Crippen LogP contribution in [0, 0.1) is 0 Å². The SMILES string of the molecule is CCCC1(CCC)NC(=O)N(CC(=O)Nc2nnc(C3CC3)s2)C1=O. The van der Waals surface area contributed by atoms with E-state index < -0.39 is 17.5 Å². The fraction of sp³-hybridized carbons (Fsp3) is 0.688. The molecule has 1 aliphatic carbocycles. The molecule has 0 spiro atoms. The van der Waals surface area contributed by atoms with Gasteiger partial charge in [-0.25, -0.2) is 4.79 Å². The minimum absolute atomic E-state index is 0.307. The van der Waals surface area contributed by atoms with Crippen LogP contribution in [-0.4, -0.2) is 45.0 Å². The summed E-state index contributed by atoms with van der Waals surface area (Å²) in [7, 11) is 0. The van der Waals surface area contributed by atoms with Crippen molar-refractivity contribution in [3.63, 3.8) is 0 Å². The molecule has 0 radical (unpaired) electrons. The number of hydrogen-bond donors (Lipinski definition) is 2. The molecule has 25 heavy (non-hydrogen) atoms. The molecule has 0 aromatic carbocycles. The van der Waals surface area contributed by atoms with Gasteiger partial charge < -0.3 is 5.32 Å². The highest BCUT2D eigenvalue weighted by Gasteiger charge is 2.50. The minimum Gasteiger partial charge on any atom is -0.323 e. The summed E-state index contributed by atoms with van der Waals surface area (Å²) >= 11 is 1.35. The summed E-state index contributed by atoms with van der Waals surface area (Å²) in [4.78, 5) is 38.2. The second-order valence-corrected chi connectivity index (χ2v) is 7.68.